The molecule has 180 valence electrons. The second-order valence-corrected chi connectivity index (χ2v) is 8.86. The highest BCUT2D eigenvalue weighted by atomic mass is 16.5. The summed E-state index contributed by atoms with van der Waals surface area (Å²) >= 11 is 0. The summed E-state index contributed by atoms with van der Waals surface area (Å²) in [7, 11) is 5.02. The Hall–Kier alpha value is -4.13. The number of amides is 2. The van der Waals surface area contributed by atoms with Crippen LogP contribution in [0.2, 0.25) is 0 Å². The molecule has 0 bridgehead atoms. The summed E-state index contributed by atoms with van der Waals surface area (Å²) < 4.78 is 7.04. The van der Waals surface area contributed by atoms with Crippen LogP contribution in [-0.2, 0) is 11.8 Å². The fourth-order valence-electron chi connectivity index (χ4n) is 4.22. The minimum absolute atomic E-state index is 0.282. The number of aryl methyl sites for hydroxylation is 1. The predicted octanol–water partition coefficient (Wildman–Crippen LogP) is 5.16. The van der Waals surface area contributed by atoms with Gasteiger partial charge in [0, 0.05) is 25.3 Å². The maximum Gasteiger partial charge on any atom is 0.254 e. The first-order valence-corrected chi connectivity index (χ1v) is 11.5. The Morgan fingerprint density at radius 1 is 0.971 bits per heavy atom. The highest BCUT2D eigenvalue weighted by Gasteiger charge is 2.30. The molecule has 0 radical (unpaired) electrons. The molecule has 1 heterocycles. The first-order chi connectivity index (χ1) is 16.8. The zero-order chi connectivity index (χ0) is 25.1. The zero-order valence-electron chi connectivity index (χ0n) is 20.6. The molecule has 2 amide bonds. The van der Waals surface area contributed by atoms with Gasteiger partial charge in [0.15, 0.2) is 0 Å². The number of rotatable bonds is 7. The van der Waals surface area contributed by atoms with E-state index in [4.69, 9.17) is 4.74 Å². The number of hydrogen-bond donors (Lipinski definition) is 1. The Bertz CT molecular complexity index is 1340. The summed E-state index contributed by atoms with van der Waals surface area (Å²) in [6.07, 6.45) is 0. The van der Waals surface area contributed by atoms with E-state index in [9.17, 15) is 9.59 Å². The molecule has 0 saturated heterocycles. The zero-order valence-corrected chi connectivity index (χ0v) is 20.6. The van der Waals surface area contributed by atoms with E-state index in [0.29, 0.717) is 28.6 Å². The third kappa shape index (κ3) is 4.89. The number of anilines is 1. The van der Waals surface area contributed by atoms with Gasteiger partial charge in [0.05, 0.1) is 18.0 Å². The average molecular weight is 471 g/mol. The lowest BCUT2D eigenvalue weighted by molar-refractivity contribution is -0.120. The van der Waals surface area contributed by atoms with Gasteiger partial charge in [0.2, 0.25) is 5.88 Å². The third-order valence-electron chi connectivity index (χ3n) is 6.14. The SMILES string of the molecule is COc1c2ccc(C(=O)N(C)C(C(=O)Nc3ccc(C(C)C)cc3)c3ccccc3)cc2nn1C. The Morgan fingerprint density at radius 2 is 1.66 bits per heavy atom. The number of ether oxygens (including phenoxy) is 1. The van der Waals surface area contributed by atoms with Gasteiger partial charge in [-0.15, -0.1) is 0 Å². The van der Waals surface area contributed by atoms with Crippen molar-refractivity contribution in [1.82, 2.24) is 14.7 Å². The van der Waals surface area contributed by atoms with Gasteiger partial charge in [-0.3, -0.25) is 9.59 Å². The van der Waals surface area contributed by atoms with E-state index in [-0.39, 0.29) is 11.8 Å². The molecule has 35 heavy (non-hydrogen) atoms. The number of fused-ring (bicyclic) bond motifs is 1. The maximum absolute atomic E-state index is 13.5. The topological polar surface area (TPSA) is 76.5 Å². The minimum Gasteiger partial charge on any atom is -0.481 e. The lowest BCUT2D eigenvalue weighted by Gasteiger charge is -2.28. The molecule has 0 aliphatic carbocycles. The van der Waals surface area contributed by atoms with Crippen molar-refractivity contribution in [2.75, 3.05) is 19.5 Å². The number of carbonyl (C=O) groups is 2. The van der Waals surface area contributed by atoms with Crippen LogP contribution < -0.4 is 10.1 Å². The molecule has 1 atom stereocenters. The Labute approximate surface area is 205 Å². The summed E-state index contributed by atoms with van der Waals surface area (Å²) in [5.74, 6) is 0.454. The van der Waals surface area contributed by atoms with Gasteiger partial charge in [-0.25, -0.2) is 4.68 Å². The van der Waals surface area contributed by atoms with E-state index in [0.717, 1.165) is 10.9 Å². The van der Waals surface area contributed by atoms with Crippen LogP contribution >= 0.6 is 0 Å². The first kappa shape index (κ1) is 24.0. The molecule has 4 rings (SSSR count). The van der Waals surface area contributed by atoms with Gasteiger partial charge >= 0.3 is 0 Å². The van der Waals surface area contributed by atoms with Gasteiger partial charge in [0.25, 0.3) is 11.8 Å². The normalized spacial score (nSPS) is 11.9. The Balaban J connectivity index is 1.64. The van der Waals surface area contributed by atoms with Crippen molar-refractivity contribution >= 4 is 28.4 Å². The Morgan fingerprint density at radius 3 is 2.29 bits per heavy atom. The molecule has 7 nitrogen and oxygen atoms in total. The highest BCUT2D eigenvalue weighted by Crippen LogP contribution is 2.28. The number of carbonyl (C=O) groups excluding carboxylic acids is 2. The van der Waals surface area contributed by atoms with Crippen LogP contribution in [0.5, 0.6) is 5.88 Å². The molecule has 1 unspecified atom stereocenters. The molecule has 3 aromatic carbocycles. The number of methoxy groups -OCH3 is 1. The molecule has 1 N–H and O–H groups in total. The summed E-state index contributed by atoms with van der Waals surface area (Å²) in [5, 5.41) is 8.23. The number of nitrogens with zero attached hydrogens (tertiary/aromatic N) is 3. The van der Waals surface area contributed by atoms with Crippen LogP contribution in [0, 0.1) is 0 Å². The number of aromatic nitrogens is 2. The van der Waals surface area contributed by atoms with Crippen molar-refractivity contribution in [3.8, 4) is 5.88 Å². The van der Waals surface area contributed by atoms with E-state index < -0.39 is 6.04 Å². The van der Waals surface area contributed by atoms with Crippen molar-refractivity contribution in [3.05, 3.63) is 89.5 Å². The standard InChI is InChI=1S/C28H30N4O3/c1-18(2)19-11-14-22(15-12-19)29-26(33)25(20-9-7-6-8-10-20)31(3)27(34)21-13-16-23-24(17-21)30-32(4)28(23)35-5/h6-18,25H,1-5H3,(H,29,33). The van der Waals surface area contributed by atoms with Crippen LogP contribution in [0.1, 0.15) is 47.3 Å². The van der Waals surface area contributed by atoms with Gasteiger partial charge in [-0.2, -0.15) is 5.10 Å². The summed E-state index contributed by atoms with van der Waals surface area (Å²) in [6, 6.07) is 21.5. The first-order valence-electron chi connectivity index (χ1n) is 11.5. The van der Waals surface area contributed by atoms with E-state index in [1.807, 2.05) is 60.7 Å². The predicted molar refractivity (Wildman–Crippen MR) is 138 cm³/mol. The molecular formula is C28H30N4O3. The Kier molecular flexibility index (Phi) is 6.87. The van der Waals surface area contributed by atoms with Crippen molar-refractivity contribution in [2.45, 2.75) is 25.8 Å². The maximum atomic E-state index is 13.5. The molecule has 1 aromatic heterocycles. The van der Waals surface area contributed by atoms with Crippen LogP contribution in [0.3, 0.4) is 0 Å². The molecular weight excluding hydrogens is 440 g/mol. The van der Waals surface area contributed by atoms with E-state index in [2.05, 4.69) is 24.3 Å². The van der Waals surface area contributed by atoms with Crippen molar-refractivity contribution in [1.29, 1.82) is 0 Å². The number of likely N-dealkylation sites (N-methyl/N-ethyl adjacent to an activating group) is 1. The van der Waals surface area contributed by atoms with Crippen LogP contribution in [0.4, 0.5) is 5.69 Å². The quantitative estimate of drug-likeness (QED) is 0.405. The number of hydrogen-bond acceptors (Lipinski definition) is 4. The number of nitrogens with one attached hydrogen (secondary N) is 1. The summed E-state index contributed by atoms with van der Waals surface area (Å²) in [6.45, 7) is 4.25. The largest absolute Gasteiger partial charge is 0.481 e. The van der Waals surface area contributed by atoms with Crippen LogP contribution in [0.15, 0.2) is 72.8 Å². The summed E-state index contributed by atoms with van der Waals surface area (Å²) in [5.41, 5.74) is 3.69. The van der Waals surface area contributed by atoms with Crippen molar-refractivity contribution in [2.24, 2.45) is 7.05 Å². The van der Waals surface area contributed by atoms with Gasteiger partial charge in [-0.1, -0.05) is 56.3 Å². The lowest BCUT2D eigenvalue weighted by Crippen LogP contribution is -2.38. The fraction of sp³-hybridized carbons (Fsp3) is 0.250. The molecule has 0 aliphatic rings. The molecule has 0 spiro atoms. The average Bonchev–Trinajstić information content (AvgIpc) is 3.18. The molecule has 7 heteroatoms. The summed E-state index contributed by atoms with van der Waals surface area (Å²) in [4.78, 5) is 28.5. The number of benzene rings is 3. The smallest absolute Gasteiger partial charge is 0.254 e. The van der Waals surface area contributed by atoms with E-state index in [1.165, 1.54) is 10.5 Å². The third-order valence-corrected chi connectivity index (χ3v) is 6.14. The van der Waals surface area contributed by atoms with Crippen LogP contribution in [-0.4, -0.2) is 40.7 Å². The van der Waals surface area contributed by atoms with Gasteiger partial charge < -0.3 is 15.0 Å². The highest BCUT2D eigenvalue weighted by molar-refractivity contribution is 6.03. The van der Waals surface area contributed by atoms with Crippen molar-refractivity contribution < 1.29 is 14.3 Å². The second kappa shape index (κ2) is 10.0. The minimum atomic E-state index is -0.817. The monoisotopic (exact) mass is 470 g/mol. The van der Waals surface area contributed by atoms with Crippen LogP contribution in [0.25, 0.3) is 10.9 Å². The van der Waals surface area contributed by atoms with E-state index >= 15 is 0 Å². The molecule has 0 fully saturated rings. The molecule has 0 aliphatic heterocycles. The molecule has 0 saturated carbocycles. The lowest BCUT2D eigenvalue weighted by atomic mass is 10.0. The van der Waals surface area contributed by atoms with Gasteiger partial charge in [-0.05, 0) is 47.4 Å². The second-order valence-electron chi connectivity index (χ2n) is 8.86. The molecule has 4 aromatic rings. The van der Waals surface area contributed by atoms with Gasteiger partial charge in [0.1, 0.15) is 6.04 Å². The van der Waals surface area contributed by atoms with Crippen molar-refractivity contribution in [3.63, 3.8) is 0 Å². The van der Waals surface area contributed by atoms with E-state index in [1.54, 1.807) is 38.0 Å². The fourth-order valence-corrected chi connectivity index (χ4v) is 4.22.